The van der Waals surface area contributed by atoms with Crippen molar-refractivity contribution in [3.8, 4) is 11.1 Å². The minimum absolute atomic E-state index is 0.166. The Morgan fingerprint density at radius 3 is 2.65 bits per heavy atom. The maximum Gasteiger partial charge on any atom is 0.260 e. The first-order valence-electron chi connectivity index (χ1n) is 5.23. The molecule has 2 heterocycles. The first-order chi connectivity index (χ1) is 8.34. The first-order valence-corrected chi connectivity index (χ1v) is 5.23. The number of benzene rings is 1. The van der Waals surface area contributed by atoms with Gasteiger partial charge in [0.25, 0.3) is 5.56 Å². The number of hydrogen-bond donors (Lipinski definition) is 1. The van der Waals surface area contributed by atoms with Crippen LogP contribution in [-0.2, 0) is 0 Å². The molecule has 0 radical (unpaired) electrons. The third kappa shape index (κ3) is 1.69. The standard InChI is InChI=1S/C13H9N3O/c17-13-11-6-10(9-4-2-1-3-5-9)7-14-12(11)15-8-16-13/h1-8H,(H,14,15,16,17). The molecule has 0 spiro atoms. The summed E-state index contributed by atoms with van der Waals surface area (Å²) in [7, 11) is 0. The minimum Gasteiger partial charge on any atom is -0.313 e. The summed E-state index contributed by atoms with van der Waals surface area (Å²) in [5, 5.41) is 0.508. The van der Waals surface area contributed by atoms with Crippen molar-refractivity contribution in [2.24, 2.45) is 0 Å². The molecule has 0 saturated carbocycles. The number of pyridine rings is 1. The summed E-state index contributed by atoms with van der Waals surface area (Å²) in [5.41, 5.74) is 2.25. The largest absolute Gasteiger partial charge is 0.313 e. The van der Waals surface area contributed by atoms with Gasteiger partial charge in [-0.1, -0.05) is 30.3 Å². The summed E-state index contributed by atoms with van der Waals surface area (Å²) in [6, 6.07) is 11.6. The molecule has 0 fully saturated rings. The molecule has 1 N–H and O–H groups in total. The van der Waals surface area contributed by atoms with E-state index < -0.39 is 0 Å². The zero-order chi connectivity index (χ0) is 11.7. The summed E-state index contributed by atoms with van der Waals surface area (Å²) < 4.78 is 0. The molecule has 3 rings (SSSR count). The molecule has 1 aromatic carbocycles. The zero-order valence-electron chi connectivity index (χ0n) is 8.92. The first kappa shape index (κ1) is 9.72. The molecule has 0 unspecified atom stereocenters. The van der Waals surface area contributed by atoms with Crippen LogP contribution in [0.1, 0.15) is 0 Å². The van der Waals surface area contributed by atoms with Crippen molar-refractivity contribution in [1.29, 1.82) is 0 Å². The second-order valence-electron chi connectivity index (χ2n) is 3.69. The van der Waals surface area contributed by atoms with Crippen LogP contribution in [0.2, 0.25) is 0 Å². The van der Waals surface area contributed by atoms with E-state index in [1.807, 2.05) is 36.4 Å². The highest BCUT2D eigenvalue weighted by molar-refractivity contribution is 5.79. The monoisotopic (exact) mass is 223 g/mol. The third-order valence-electron chi connectivity index (χ3n) is 2.60. The number of H-pyrrole nitrogens is 1. The summed E-state index contributed by atoms with van der Waals surface area (Å²) in [6.07, 6.45) is 3.09. The Morgan fingerprint density at radius 1 is 1.00 bits per heavy atom. The number of nitrogens with one attached hydrogen (secondary N) is 1. The van der Waals surface area contributed by atoms with E-state index in [-0.39, 0.29) is 5.56 Å². The zero-order valence-corrected chi connectivity index (χ0v) is 8.92. The number of aromatic nitrogens is 3. The van der Waals surface area contributed by atoms with Gasteiger partial charge in [-0.05, 0) is 11.6 Å². The van der Waals surface area contributed by atoms with E-state index in [1.165, 1.54) is 6.33 Å². The number of nitrogens with zero attached hydrogens (tertiary/aromatic N) is 2. The molecule has 0 atom stereocenters. The highest BCUT2D eigenvalue weighted by Gasteiger charge is 2.03. The molecule has 4 nitrogen and oxygen atoms in total. The van der Waals surface area contributed by atoms with Crippen LogP contribution in [-0.4, -0.2) is 15.0 Å². The van der Waals surface area contributed by atoms with Crippen LogP contribution in [0, 0.1) is 0 Å². The van der Waals surface area contributed by atoms with Crippen LogP contribution in [0.15, 0.2) is 53.7 Å². The van der Waals surface area contributed by atoms with Gasteiger partial charge in [-0.3, -0.25) is 4.79 Å². The lowest BCUT2D eigenvalue weighted by atomic mass is 10.1. The maximum absolute atomic E-state index is 11.6. The fourth-order valence-electron chi connectivity index (χ4n) is 1.75. The van der Waals surface area contributed by atoms with Crippen molar-refractivity contribution in [2.75, 3.05) is 0 Å². The average Bonchev–Trinajstić information content (AvgIpc) is 2.40. The van der Waals surface area contributed by atoms with Gasteiger partial charge in [0, 0.05) is 11.8 Å². The van der Waals surface area contributed by atoms with Crippen molar-refractivity contribution in [2.45, 2.75) is 0 Å². The Hall–Kier alpha value is -2.49. The number of rotatable bonds is 1. The summed E-state index contributed by atoms with van der Waals surface area (Å²) in [6.45, 7) is 0. The Bertz CT molecular complexity index is 719. The van der Waals surface area contributed by atoms with Gasteiger partial charge in [0.05, 0.1) is 11.7 Å². The van der Waals surface area contributed by atoms with Crippen LogP contribution >= 0.6 is 0 Å². The van der Waals surface area contributed by atoms with Gasteiger partial charge >= 0.3 is 0 Å². The molecule has 3 aromatic rings. The van der Waals surface area contributed by atoms with Gasteiger partial charge in [0.2, 0.25) is 0 Å². The fourth-order valence-corrected chi connectivity index (χ4v) is 1.75. The Balaban J connectivity index is 2.27. The van der Waals surface area contributed by atoms with Gasteiger partial charge in [-0.2, -0.15) is 0 Å². The predicted molar refractivity (Wildman–Crippen MR) is 65.6 cm³/mol. The van der Waals surface area contributed by atoms with Gasteiger partial charge in [0.15, 0.2) is 5.65 Å². The lowest BCUT2D eigenvalue weighted by Gasteiger charge is -2.01. The second kappa shape index (κ2) is 3.83. The third-order valence-corrected chi connectivity index (χ3v) is 2.60. The van der Waals surface area contributed by atoms with Crippen molar-refractivity contribution >= 4 is 11.0 Å². The minimum atomic E-state index is -0.166. The van der Waals surface area contributed by atoms with Gasteiger partial charge in [0.1, 0.15) is 0 Å². The molecule has 17 heavy (non-hydrogen) atoms. The Labute approximate surface area is 97.0 Å². The van der Waals surface area contributed by atoms with Gasteiger partial charge < -0.3 is 4.98 Å². The highest BCUT2D eigenvalue weighted by Crippen LogP contribution is 2.19. The molecule has 0 aliphatic heterocycles. The van der Waals surface area contributed by atoms with E-state index in [2.05, 4.69) is 15.0 Å². The van der Waals surface area contributed by atoms with Crippen LogP contribution in [0.3, 0.4) is 0 Å². The maximum atomic E-state index is 11.6. The normalized spacial score (nSPS) is 10.6. The molecule has 0 amide bonds. The Morgan fingerprint density at radius 2 is 1.82 bits per heavy atom. The molecular formula is C13H9N3O. The smallest absolute Gasteiger partial charge is 0.260 e. The molecular weight excluding hydrogens is 214 g/mol. The van der Waals surface area contributed by atoms with Gasteiger partial charge in [-0.25, -0.2) is 9.97 Å². The van der Waals surface area contributed by atoms with Gasteiger partial charge in [-0.15, -0.1) is 0 Å². The van der Waals surface area contributed by atoms with Crippen molar-refractivity contribution in [1.82, 2.24) is 15.0 Å². The van der Waals surface area contributed by atoms with E-state index in [0.29, 0.717) is 11.0 Å². The van der Waals surface area contributed by atoms with Crippen molar-refractivity contribution in [3.63, 3.8) is 0 Å². The summed E-state index contributed by atoms with van der Waals surface area (Å²) in [4.78, 5) is 22.4. The number of aromatic amines is 1. The fraction of sp³-hybridized carbons (Fsp3) is 0. The van der Waals surface area contributed by atoms with Crippen molar-refractivity contribution < 1.29 is 0 Å². The summed E-state index contributed by atoms with van der Waals surface area (Å²) in [5.74, 6) is 0. The van der Waals surface area contributed by atoms with E-state index in [4.69, 9.17) is 0 Å². The van der Waals surface area contributed by atoms with Crippen LogP contribution in [0.5, 0.6) is 0 Å². The SMILES string of the molecule is O=c1[nH]cnc2ncc(-c3ccccc3)cc12. The van der Waals surface area contributed by atoms with E-state index in [9.17, 15) is 4.79 Å². The Kier molecular flexibility index (Phi) is 2.19. The quantitative estimate of drug-likeness (QED) is 0.686. The lowest BCUT2D eigenvalue weighted by molar-refractivity contribution is 1.14. The highest BCUT2D eigenvalue weighted by atomic mass is 16.1. The summed E-state index contributed by atoms with van der Waals surface area (Å²) >= 11 is 0. The molecule has 4 heteroatoms. The molecule has 0 saturated heterocycles. The van der Waals surface area contributed by atoms with Crippen LogP contribution < -0.4 is 5.56 Å². The predicted octanol–water partition coefficient (Wildman–Crippen LogP) is 1.99. The van der Waals surface area contributed by atoms with Crippen molar-refractivity contribution in [3.05, 3.63) is 59.3 Å². The van der Waals surface area contributed by atoms with Crippen LogP contribution in [0.25, 0.3) is 22.2 Å². The molecule has 0 bridgehead atoms. The lowest BCUT2D eigenvalue weighted by Crippen LogP contribution is -2.07. The number of hydrogen-bond acceptors (Lipinski definition) is 3. The molecule has 0 aliphatic rings. The topological polar surface area (TPSA) is 58.6 Å². The molecule has 2 aromatic heterocycles. The average molecular weight is 223 g/mol. The molecule has 82 valence electrons. The van der Waals surface area contributed by atoms with E-state index in [1.54, 1.807) is 6.20 Å². The number of fused-ring (bicyclic) bond motifs is 1. The van der Waals surface area contributed by atoms with E-state index >= 15 is 0 Å². The van der Waals surface area contributed by atoms with Crippen LogP contribution in [0.4, 0.5) is 0 Å². The second-order valence-corrected chi connectivity index (χ2v) is 3.69. The van der Waals surface area contributed by atoms with E-state index in [0.717, 1.165) is 11.1 Å². The molecule has 0 aliphatic carbocycles.